The van der Waals surface area contributed by atoms with Gasteiger partial charge in [0.15, 0.2) is 0 Å². The lowest BCUT2D eigenvalue weighted by Gasteiger charge is -2.39. The van der Waals surface area contributed by atoms with Crippen LogP contribution < -0.4 is 10.6 Å². The average molecular weight is 675 g/mol. The number of nitrogens with zero attached hydrogens (tertiary/aromatic N) is 4. The molecule has 10 nitrogen and oxygen atoms in total. The predicted octanol–water partition coefficient (Wildman–Crippen LogP) is 3.78. The molecule has 3 saturated heterocycles. The second kappa shape index (κ2) is 14.7. The summed E-state index contributed by atoms with van der Waals surface area (Å²) >= 11 is 1.69. The quantitative estimate of drug-likeness (QED) is 0.483. The van der Waals surface area contributed by atoms with Gasteiger partial charge >= 0.3 is 0 Å². The zero-order valence-electron chi connectivity index (χ0n) is 28.2. The summed E-state index contributed by atoms with van der Waals surface area (Å²) in [6, 6.07) is 9.92. The van der Waals surface area contributed by atoms with Crippen molar-refractivity contribution < 1.29 is 19.2 Å². The highest BCUT2D eigenvalue weighted by Crippen LogP contribution is 2.36. The van der Waals surface area contributed by atoms with Crippen LogP contribution in [0.4, 0.5) is 0 Å². The van der Waals surface area contributed by atoms with Crippen molar-refractivity contribution in [1.82, 2.24) is 30.3 Å². The Hall–Kier alpha value is -3.31. The number of aromatic nitrogens is 1. The van der Waals surface area contributed by atoms with Crippen LogP contribution in [0.3, 0.4) is 0 Å². The van der Waals surface area contributed by atoms with Crippen LogP contribution in [-0.2, 0) is 32.1 Å². The van der Waals surface area contributed by atoms with Gasteiger partial charge in [-0.05, 0) is 62.8 Å². The maximum atomic E-state index is 14.3. The van der Waals surface area contributed by atoms with E-state index in [-0.39, 0.29) is 60.3 Å². The molecule has 2 N–H and O–H groups in total. The Labute approximate surface area is 288 Å². The number of fused-ring (bicyclic) bond motifs is 4. The van der Waals surface area contributed by atoms with Gasteiger partial charge in [-0.25, -0.2) is 4.98 Å². The van der Waals surface area contributed by atoms with Crippen LogP contribution in [-0.4, -0.2) is 94.2 Å². The van der Waals surface area contributed by atoms with Crippen LogP contribution in [0.2, 0.25) is 0 Å². The Morgan fingerprint density at radius 2 is 1.67 bits per heavy atom. The molecule has 6 bridgehead atoms. The second-order valence-corrected chi connectivity index (χ2v) is 16.0. The normalized spacial score (nSPS) is 28.6. The van der Waals surface area contributed by atoms with Gasteiger partial charge in [-0.15, -0.1) is 11.3 Å². The number of benzene rings is 1. The molecule has 1 saturated carbocycles. The number of piperidine rings is 2. The van der Waals surface area contributed by atoms with Crippen molar-refractivity contribution in [3.05, 3.63) is 51.5 Å². The Morgan fingerprint density at radius 1 is 0.917 bits per heavy atom. The average Bonchev–Trinajstić information content (AvgIpc) is 3.85. The molecule has 2 aromatic rings. The van der Waals surface area contributed by atoms with E-state index in [1.54, 1.807) is 11.3 Å². The van der Waals surface area contributed by atoms with Crippen molar-refractivity contribution in [2.75, 3.05) is 32.7 Å². The number of carbonyl (C=O) groups excluding carboxylic acids is 4. The van der Waals surface area contributed by atoms with E-state index in [2.05, 4.69) is 10.6 Å². The van der Waals surface area contributed by atoms with Crippen molar-refractivity contribution in [3.63, 3.8) is 0 Å². The van der Waals surface area contributed by atoms with Crippen molar-refractivity contribution in [2.45, 2.75) is 108 Å². The number of hydrogen-bond donors (Lipinski definition) is 2. The summed E-state index contributed by atoms with van der Waals surface area (Å²) in [5, 5.41) is 7.94. The number of aryl methyl sites for hydroxylation is 1. The molecule has 0 radical (unpaired) electrons. The molecule has 0 spiro atoms. The SMILES string of the molecule is Cc1sc2nc1CC(=O)N1CC[C@@H](CC(=O)NCc3ccccc3)[C@@H](CC(=O)N3C[C@@H](NC4CCCC4)C[C@H]3C(=O)N3CCC2CC3)C1. The van der Waals surface area contributed by atoms with Crippen molar-refractivity contribution in [1.29, 1.82) is 0 Å². The molecular weight excluding hydrogens is 625 g/mol. The smallest absolute Gasteiger partial charge is 0.245 e. The van der Waals surface area contributed by atoms with Gasteiger partial charge in [0.25, 0.3) is 0 Å². The van der Waals surface area contributed by atoms with Gasteiger partial charge in [0.05, 0.1) is 17.1 Å². The first-order valence-corrected chi connectivity index (χ1v) is 19.0. The molecule has 48 heavy (non-hydrogen) atoms. The third-order valence-corrected chi connectivity index (χ3v) is 12.8. The highest BCUT2D eigenvalue weighted by atomic mass is 32.1. The van der Waals surface area contributed by atoms with E-state index in [0.717, 1.165) is 46.8 Å². The molecule has 5 aliphatic heterocycles. The van der Waals surface area contributed by atoms with Crippen LogP contribution in [0.1, 0.15) is 91.3 Å². The molecule has 6 aliphatic rings. The fourth-order valence-electron chi connectivity index (χ4n) is 8.75. The first-order valence-electron chi connectivity index (χ1n) is 18.2. The van der Waals surface area contributed by atoms with Gasteiger partial charge in [-0.1, -0.05) is 43.2 Å². The number of thiazole rings is 1. The molecule has 0 unspecified atom stereocenters. The molecule has 8 rings (SSSR count). The van der Waals surface area contributed by atoms with Crippen molar-refractivity contribution >= 4 is 35.0 Å². The fraction of sp³-hybridized carbons (Fsp3) is 0.649. The molecule has 4 amide bonds. The maximum absolute atomic E-state index is 14.3. The number of rotatable bonds is 6. The number of carbonyl (C=O) groups is 4. The first-order chi connectivity index (χ1) is 23.3. The largest absolute Gasteiger partial charge is 0.352 e. The molecule has 11 heteroatoms. The van der Waals surface area contributed by atoms with Gasteiger partial charge in [-0.3, -0.25) is 19.2 Å². The maximum Gasteiger partial charge on any atom is 0.245 e. The molecule has 6 heterocycles. The lowest BCUT2D eigenvalue weighted by molar-refractivity contribution is -0.146. The molecule has 1 aromatic carbocycles. The molecule has 1 aliphatic carbocycles. The summed E-state index contributed by atoms with van der Waals surface area (Å²) in [5.74, 6) is 0.106. The van der Waals surface area contributed by atoms with Crippen LogP contribution >= 0.6 is 11.3 Å². The standard InChI is InChI=1S/C37H50N6O4S/c1-24-31-20-34(45)42-16-13-27(17-33(44)38-21-25-7-3-2-4-8-25)28(22-42)18-35(46)43-23-30(39-29-9-5-6-10-29)19-32(43)37(47)41-14-11-26(12-15-41)36(40-31)48-24/h2-4,7-8,26-30,32,39H,5-6,9-23H2,1H3,(H,38,44)/t27-,28-,30-,32-/m0/s1. The van der Waals surface area contributed by atoms with E-state index in [9.17, 15) is 19.2 Å². The highest BCUT2D eigenvalue weighted by molar-refractivity contribution is 7.11. The zero-order valence-corrected chi connectivity index (χ0v) is 29.0. The summed E-state index contributed by atoms with van der Waals surface area (Å²) in [6.45, 7) is 5.35. The van der Waals surface area contributed by atoms with Crippen LogP contribution in [0.25, 0.3) is 0 Å². The third-order valence-electron chi connectivity index (χ3n) is 11.6. The summed E-state index contributed by atoms with van der Waals surface area (Å²) in [5.41, 5.74) is 1.89. The lowest BCUT2D eigenvalue weighted by Crippen LogP contribution is -2.51. The zero-order chi connectivity index (χ0) is 33.2. The Balaban J connectivity index is 1.13. The predicted molar refractivity (Wildman–Crippen MR) is 184 cm³/mol. The summed E-state index contributed by atoms with van der Waals surface area (Å²) in [7, 11) is 0. The van der Waals surface area contributed by atoms with Crippen molar-refractivity contribution in [3.8, 4) is 0 Å². The summed E-state index contributed by atoms with van der Waals surface area (Å²) < 4.78 is 0. The Kier molecular flexibility index (Phi) is 10.1. The summed E-state index contributed by atoms with van der Waals surface area (Å²) in [6.07, 6.45) is 8.52. The van der Waals surface area contributed by atoms with Gasteiger partial charge < -0.3 is 25.3 Å². The Bertz CT molecular complexity index is 1480. The third kappa shape index (κ3) is 7.47. The van der Waals surface area contributed by atoms with Gasteiger partial charge in [0.2, 0.25) is 23.6 Å². The van der Waals surface area contributed by atoms with E-state index >= 15 is 0 Å². The molecule has 4 fully saturated rings. The second-order valence-electron chi connectivity index (χ2n) is 14.8. The first kappa shape index (κ1) is 33.2. The topological polar surface area (TPSA) is 115 Å². The lowest BCUT2D eigenvalue weighted by atomic mass is 9.80. The number of nitrogens with one attached hydrogen (secondary N) is 2. The molecule has 258 valence electrons. The minimum absolute atomic E-state index is 0.0307. The molecule has 1 aromatic heterocycles. The van der Waals surface area contributed by atoms with Crippen molar-refractivity contribution in [2.24, 2.45) is 11.8 Å². The van der Waals surface area contributed by atoms with E-state index in [1.165, 1.54) is 12.8 Å². The minimum atomic E-state index is -0.480. The monoisotopic (exact) mass is 674 g/mol. The molecular formula is C37H50N6O4S. The summed E-state index contributed by atoms with van der Waals surface area (Å²) in [4.78, 5) is 67.3. The van der Waals surface area contributed by atoms with E-state index < -0.39 is 6.04 Å². The van der Waals surface area contributed by atoms with E-state index in [4.69, 9.17) is 4.98 Å². The van der Waals surface area contributed by atoms with Crippen LogP contribution in [0.15, 0.2) is 30.3 Å². The Morgan fingerprint density at radius 3 is 2.44 bits per heavy atom. The van der Waals surface area contributed by atoms with E-state index in [1.807, 2.05) is 52.0 Å². The van der Waals surface area contributed by atoms with E-state index in [0.29, 0.717) is 64.6 Å². The molecule has 4 atom stereocenters. The number of hydrogen-bond acceptors (Lipinski definition) is 7. The number of amides is 4. The minimum Gasteiger partial charge on any atom is -0.352 e. The van der Waals surface area contributed by atoms with Gasteiger partial charge in [0, 0.05) is 75.0 Å². The van der Waals surface area contributed by atoms with Crippen LogP contribution in [0, 0.1) is 18.8 Å². The van der Waals surface area contributed by atoms with Gasteiger partial charge in [0.1, 0.15) is 6.04 Å². The highest BCUT2D eigenvalue weighted by Gasteiger charge is 2.44. The van der Waals surface area contributed by atoms with Crippen LogP contribution in [0.5, 0.6) is 0 Å². The fourth-order valence-corrected chi connectivity index (χ4v) is 9.86. The van der Waals surface area contributed by atoms with Gasteiger partial charge in [-0.2, -0.15) is 0 Å².